The first-order chi connectivity index (χ1) is 4.29. The number of fused-ring (bicyclic) bond motifs is 2. The minimum absolute atomic E-state index is 0.0810. The summed E-state index contributed by atoms with van der Waals surface area (Å²) in [7, 11) is 0. The quantitative estimate of drug-likeness (QED) is 0.405. The largest absolute Gasteiger partial charge is 0.506 e. The fourth-order valence-electron chi connectivity index (χ4n) is 0.970. The molecule has 3 aliphatic rings. The lowest BCUT2D eigenvalue weighted by Gasteiger charge is -2.25. The minimum Gasteiger partial charge on any atom is -0.246 e. The summed E-state index contributed by atoms with van der Waals surface area (Å²) < 4.78 is 1.53. The Kier molecular flexibility index (Phi) is 0.625. The molecule has 0 N–H and O–H groups in total. The summed E-state index contributed by atoms with van der Waals surface area (Å²) in [6, 6.07) is -0.175. The lowest BCUT2D eigenvalue weighted by Crippen LogP contribution is -2.60. The Bertz CT molecular complexity index is 231. The zero-order chi connectivity index (χ0) is 6.43. The van der Waals surface area contributed by atoms with Crippen molar-refractivity contribution in [1.82, 2.24) is 4.90 Å². The zero-order valence-corrected chi connectivity index (χ0v) is 4.70. The maximum Gasteiger partial charge on any atom is 0.506 e. The van der Waals surface area contributed by atoms with Crippen LogP contribution in [-0.4, -0.2) is 34.3 Å². The van der Waals surface area contributed by atoms with E-state index >= 15 is 0 Å². The van der Waals surface area contributed by atoms with Crippen LogP contribution in [-0.2, 0) is 4.79 Å². The molecule has 0 aromatic heterocycles. The molecule has 0 radical (unpaired) electrons. The molecule has 46 valence electrons. The molecule has 0 atom stereocenters. The van der Waals surface area contributed by atoms with Crippen LogP contribution in [0.5, 0.6) is 0 Å². The second-order valence-electron chi connectivity index (χ2n) is 2.10. The second kappa shape index (κ2) is 1.21. The van der Waals surface area contributed by atoms with Gasteiger partial charge < -0.3 is 0 Å². The van der Waals surface area contributed by atoms with Crippen molar-refractivity contribution in [3.05, 3.63) is 0 Å². The van der Waals surface area contributed by atoms with E-state index in [1.807, 2.05) is 0 Å². The van der Waals surface area contributed by atoms with Crippen molar-refractivity contribution in [2.75, 3.05) is 6.67 Å². The van der Waals surface area contributed by atoms with E-state index in [2.05, 4.69) is 0 Å². The van der Waals surface area contributed by atoms with Crippen molar-refractivity contribution in [3.8, 4) is 0 Å². The first kappa shape index (κ1) is 4.67. The van der Waals surface area contributed by atoms with E-state index in [0.717, 1.165) is 0 Å². The van der Waals surface area contributed by atoms with Crippen LogP contribution < -0.4 is 0 Å². The molecule has 3 amide bonds. The summed E-state index contributed by atoms with van der Waals surface area (Å²) in [6.07, 6.45) is 2.01. The molecular weight excluding hydrogens is 120 g/mol. The Morgan fingerprint density at radius 1 is 1.56 bits per heavy atom. The van der Waals surface area contributed by atoms with Gasteiger partial charge in [-0.15, -0.1) is 4.90 Å². The Balaban J connectivity index is 2.42. The lowest BCUT2D eigenvalue weighted by atomic mass is 10.3. The molecule has 4 nitrogen and oxygen atoms in total. The molecule has 0 unspecified atom stereocenters. The van der Waals surface area contributed by atoms with E-state index in [0.29, 0.717) is 13.1 Å². The zero-order valence-electron chi connectivity index (χ0n) is 4.70. The van der Waals surface area contributed by atoms with Crippen molar-refractivity contribution in [1.29, 1.82) is 0 Å². The van der Waals surface area contributed by atoms with Crippen LogP contribution in [0.2, 0.25) is 0 Å². The standard InChI is InChI=1S/C5H5N2O2/c8-4-1-2-6-3-7(4)5(6)9/h2H,1,3H2/q+1. The Morgan fingerprint density at radius 3 is 2.67 bits per heavy atom. The highest BCUT2D eigenvalue weighted by Gasteiger charge is 2.48. The van der Waals surface area contributed by atoms with E-state index in [1.165, 1.54) is 9.48 Å². The van der Waals surface area contributed by atoms with Crippen LogP contribution in [0.4, 0.5) is 4.79 Å². The summed E-state index contributed by atoms with van der Waals surface area (Å²) in [4.78, 5) is 22.6. The van der Waals surface area contributed by atoms with Crippen LogP contribution in [0.3, 0.4) is 0 Å². The van der Waals surface area contributed by atoms with Gasteiger partial charge in [0.2, 0.25) is 6.67 Å². The molecule has 4 heteroatoms. The Labute approximate surface area is 51.4 Å². The highest BCUT2D eigenvalue weighted by Crippen LogP contribution is 2.12. The molecule has 0 aromatic carbocycles. The maximum absolute atomic E-state index is 10.7. The maximum atomic E-state index is 10.7. The van der Waals surface area contributed by atoms with Crippen molar-refractivity contribution in [2.45, 2.75) is 6.42 Å². The highest BCUT2D eigenvalue weighted by molar-refractivity contribution is 6.03. The van der Waals surface area contributed by atoms with E-state index in [-0.39, 0.29) is 11.9 Å². The Morgan fingerprint density at radius 2 is 2.33 bits per heavy atom. The van der Waals surface area contributed by atoms with Crippen LogP contribution in [0.15, 0.2) is 0 Å². The summed E-state index contributed by atoms with van der Waals surface area (Å²) >= 11 is 0. The van der Waals surface area contributed by atoms with Crippen LogP contribution in [0, 0.1) is 0 Å². The molecule has 0 aromatic rings. The van der Waals surface area contributed by atoms with Gasteiger partial charge in [-0.05, 0) is 0 Å². The predicted molar refractivity (Wildman–Crippen MR) is 28.1 cm³/mol. The molecule has 1 saturated heterocycles. The number of nitrogens with zero attached hydrogens (tertiary/aromatic N) is 2. The van der Waals surface area contributed by atoms with Gasteiger partial charge in [-0.3, -0.25) is 0 Å². The van der Waals surface area contributed by atoms with Crippen molar-refractivity contribution >= 4 is 18.2 Å². The molecule has 2 bridgehead atoms. The van der Waals surface area contributed by atoms with Crippen LogP contribution in [0.25, 0.3) is 0 Å². The normalized spacial score (nSPS) is 23.6. The number of hydrogen-bond donors (Lipinski definition) is 0. The number of imide groups is 1. The van der Waals surface area contributed by atoms with Gasteiger partial charge in [0.05, 0.1) is 6.21 Å². The topological polar surface area (TPSA) is 40.4 Å². The third kappa shape index (κ3) is 0.401. The van der Waals surface area contributed by atoms with E-state index in [9.17, 15) is 9.59 Å². The molecule has 0 aliphatic carbocycles. The summed E-state index contributed by atoms with van der Waals surface area (Å²) in [5.41, 5.74) is 0. The average Bonchev–Trinajstić information content (AvgIpc) is 1.86. The van der Waals surface area contributed by atoms with Crippen LogP contribution in [0.1, 0.15) is 6.42 Å². The van der Waals surface area contributed by atoms with Crippen molar-refractivity contribution in [2.24, 2.45) is 0 Å². The van der Waals surface area contributed by atoms with Gasteiger partial charge in [-0.25, -0.2) is 4.79 Å². The molecule has 0 saturated carbocycles. The van der Waals surface area contributed by atoms with Crippen molar-refractivity contribution < 1.29 is 14.2 Å². The van der Waals surface area contributed by atoms with Gasteiger partial charge in [-0.1, -0.05) is 0 Å². The first-order valence-electron chi connectivity index (χ1n) is 2.73. The predicted octanol–water partition coefficient (Wildman–Crippen LogP) is -0.607. The molecule has 3 heterocycles. The minimum atomic E-state index is -0.175. The van der Waals surface area contributed by atoms with E-state index < -0.39 is 0 Å². The summed E-state index contributed by atoms with van der Waals surface area (Å²) in [6.45, 7) is 0.470. The van der Waals surface area contributed by atoms with Gasteiger partial charge in [0, 0.05) is 0 Å². The Hall–Kier alpha value is -1.19. The van der Waals surface area contributed by atoms with Crippen LogP contribution >= 0.6 is 0 Å². The van der Waals surface area contributed by atoms with Crippen molar-refractivity contribution in [3.63, 3.8) is 0 Å². The monoisotopic (exact) mass is 125 g/mol. The fourth-order valence-corrected chi connectivity index (χ4v) is 0.970. The van der Waals surface area contributed by atoms with Gasteiger partial charge >= 0.3 is 11.9 Å². The number of carbonyl (C=O) groups is 2. The molecule has 3 rings (SSSR count). The van der Waals surface area contributed by atoms with E-state index in [1.54, 1.807) is 6.21 Å². The first-order valence-corrected chi connectivity index (χ1v) is 2.73. The average molecular weight is 125 g/mol. The van der Waals surface area contributed by atoms with Gasteiger partial charge in [0.25, 0.3) is 0 Å². The number of hydrogen-bond acceptors (Lipinski definition) is 2. The highest BCUT2D eigenvalue weighted by atomic mass is 16.2. The molecule has 3 aliphatic heterocycles. The number of carbonyl (C=O) groups excluding carboxylic acids is 2. The summed E-state index contributed by atoms with van der Waals surface area (Å²) in [5, 5.41) is 0. The summed E-state index contributed by atoms with van der Waals surface area (Å²) in [5.74, 6) is -0.0810. The molecular formula is C5H5N2O2+. The molecule has 9 heavy (non-hydrogen) atoms. The molecule has 0 spiro atoms. The van der Waals surface area contributed by atoms with Gasteiger partial charge in [0.15, 0.2) is 0 Å². The lowest BCUT2D eigenvalue weighted by molar-refractivity contribution is -0.511. The second-order valence-corrected chi connectivity index (χ2v) is 2.10. The molecule has 1 fully saturated rings. The SMILES string of the molecule is O=C1CC=[N+]2CN1C2=O. The fraction of sp³-hybridized carbons (Fsp3) is 0.400. The number of amides is 3. The van der Waals surface area contributed by atoms with Gasteiger partial charge in [0.1, 0.15) is 6.42 Å². The number of rotatable bonds is 0. The third-order valence-corrected chi connectivity index (χ3v) is 1.56. The third-order valence-electron chi connectivity index (χ3n) is 1.56. The van der Waals surface area contributed by atoms with E-state index in [4.69, 9.17) is 0 Å². The number of urea groups is 1. The smallest absolute Gasteiger partial charge is 0.246 e. The van der Waals surface area contributed by atoms with Gasteiger partial charge in [-0.2, -0.15) is 9.37 Å².